The van der Waals surface area contributed by atoms with Crippen LogP contribution in [0.4, 0.5) is 8.78 Å². The van der Waals surface area contributed by atoms with Crippen LogP contribution in [0.15, 0.2) is 54.7 Å². The first-order chi connectivity index (χ1) is 14.1. The molecule has 4 rings (SSSR count). The molecule has 3 aromatic rings. The van der Waals surface area contributed by atoms with E-state index in [1.165, 1.54) is 0 Å². The van der Waals surface area contributed by atoms with Gasteiger partial charge < -0.3 is 10.1 Å². The Morgan fingerprint density at radius 3 is 2.66 bits per heavy atom. The van der Waals surface area contributed by atoms with Gasteiger partial charge in [-0.05, 0) is 35.2 Å². The fourth-order valence-corrected chi connectivity index (χ4v) is 3.51. The second kappa shape index (κ2) is 8.53. The first-order valence-corrected chi connectivity index (χ1v) is 9.50. The zero-order valence-electron chi connectivity index (χ0n) is 15.8. The van der Waals surface area contributed by atoms with Crippen LogP contribution >= 0.6 is 0 Å². The molecule has 0 fully saturated rings. The van der Waals surface area contributed by atoms with Crippen LogP contribution in [0.5, 0.6) is 0 Å². The number of ether oxygens (including phenoxy) is 1. The quantitative estimate of drug-likeness (QED) is 0.695. The van der Waals surface area contributed by atoms with E-state index in [9.17, 15) is 13.6 Å². The summed E-state index contributed by atoms with van der Waals surface area (Å²) in [7, 11) is 0. The zero-order valence-corrected chi connectivity index (χ0v) is 15.8. The highest BCUT2D eigenvalue weighted by Gasteiger charge is 2.25. The van der Waals surface area contributed by atoms with Gasteiger partial charge in [0, 0.05) is 18.8 Å². The molecule has 1 aliphatic heterocycles. The van der Waals surface area contributed by atoms with Gasteiger partial charge >= 0.3 is 0 Å². The van der Waals surface area contributed by atoms with Crippen LogP contribution < -0.4 is 5.32 Å². The first kappa shape index (κ1) is 19.3. The summed E-state index contributed by atoms with van der Waals surface area (Å²) in [6.45, 7) is 1.48. The normalized spacial score (nSPS) is 15.7. The lowest BCUT2D eigenvalue weighted by Crippen LogP contribution is -2.32. The van der Waals surface area contributed by atoms with E-state index in [1.54, 1.807) is 0 Å². The van der Waals surface area contributed by atoms with Crippen LogP contribution in [0.2, 0.25) is 0 Å². The maximum Gasteiger partial charge on any atom is 0.224 e. The van der Waals surface area contributed by atoms with E-state index in [0.717, 1.165) is 41.4 Å². The molecule has 7 heteroatoms. The standard InChI is InChI=1S/C22H21F2N3O2/c23-18-8-16(9-19(24)11-18)10-21(28)25-12-20-22-17(6-7-29-20)14-27(26-22)13-15-4-2-1-3-5-15/h1-5,8-9,11,14,20H,6-7,10,12-13H2,(H,25,28)/t20-/m0/s1. The molecule has 29 heavy (non-hydrogen) atoms. The summed E-state index contributed by atoms with van der Waals surface area (Å²) in [6, 6.07) is 13.1. The number of halogens is 2. The van der Waals surface area contributed by atoms with E-state index in [1.807, 2.05) is 41.2 Å². The topological polar surface area (TPSA) is 56.1 Å². The number of fused-ring (bicyclic) bond motifs is 1. The predicted octanol–water partition coefficient (Wildman–Crippen LogP) is 3.18. The summed E-state index contributed by atoms with van der Waals surface area (Å²) in [6.07, 6.45) is 2.35. The summed E-state index contributed by atoms with van der Waals surface area (Å²) >= 11 is 0. The predicted molar refractivity (Wildman–Crippen MR) is 103 cm³/mol. The summed E-state index contributed by atoms with van der Waals surface area (Å²) in [5, 5.41) is 7.44. The SMILES string of the molecule is O=C(Cc1cc(F)cc(F)c1)NC[C@@H]1OCCc2cn(Cc3ccccc3)nc21. The minimum absolute atomic E-state index is 0.100. The number of benzene rings is 2. The molecule has 1 aliphatic rings. The van der Waals surface area contributed by atoms with Crippen LogP contribution in [-0.4, -0.2) is 28.8 Å². The van der Waals surface area contributed by atoms with Crippen molar-refractivity contribution < 1.29 is 18.3 Å². The van der Waals surface area contributed by atoms with Crippen LogP contribution in [-0.2, 0) is 28.9 Å². The van der Waals surface area contributed by atoms with E-state index in [2.05, 4.69) is 10.4 Å². The van der Waals surface area contributed by atoms with Gasteiger partial charge in [0.05, 0.1) is 25.3 Å². The number of aromatic nitrogens is 2. The van der Waals surface area contributed by atoms with E-state index in [4.69, 9.17) is 4.74 Å². The average molecular weight is 397 g/mol. The van der Waals surface area contributed by atoms with Crippen molar-refractivity contribution in [2.45, 2.75) is 25.5 Å². The van der Waals surface area contributed by atoms with E-state index < -0.39 is 11.6 Å². The molecule has 1 atom stereocenters. The fourth-order valence-electron chi connectivity index (χ4n) is 3.51. The Bertz CT molecular complexity index is 984. The van der Waals surface area contributed by atoms with E-state index >= 15 is 0 Å². The molecule has 0 radical (unpaired) electrons. The van der Waals surface area contributed by atoms with Gasteiger partial charge in [-0.3, -0.25) is 9.48 Å². The number of hydrogen-bond acceptors (Lipinski definition) is 3. The van der Waals surface area contributed by atoms with Gasteiger partial charge in [-0.1, -0.05) is 30.3 Å². The number of nitrogens with one attached hydrogen (secondary N) is 1. The number of rotatable bonds is 6. The molecule has 0 spiro atoms. The summed E-state index contributed by atoms with van der Waals surface area (Å²) in [4.78, 5) is 12.2. The van der Waals surface area contributed by atoms with Crippen molar-refractivity contribution >= 4 is 5.91 Å². The molecule has 0 aliphatic carbocycles. The second-order valence-corrected chi connectivity index (χ2v) is 7.09. The lowest BCUT2D eigenvalue weighted by Gasteiger charge is -2.22. The summed E-state index contributed by atoms with van der Waals surface area (Å²) < 4.78 is 34.2. The average Bonchev–Trinajstić information content (AvgIpc) is 3.09. The number of amides is 1. The number of nitrogens with zero attached hydrogens (tertiary/aromatic N) is 2. The van der Waals surface area contributed by atoms with Crippen LogP contribution in [0.1, 0.15) is 28.5 Å². The molecular weight excluding hydrogens is 376 g/mol. The van der Waals surface area contributed by atoms with Crippen molar-refractivity contribution in [1.29, 1.82) is 0 Å². The van der Waals surface area contributed by atoms with Crippen LogP contribution in [0.25, 0.3) is 0 Å². The fraction of sp³-hybridized carbons (Fsp3) is 0.273. The van der Waals surface area contributed by atoms with Gasteiger partial charge in [-0.25, -0.2) is 8.78 Å². The van der Waals surface area contributed by atoms with Crippen molar-refractivity contribution in [2.75, 3.05) is 13.2 Å². The Labute approximate surface area is 167 Å². The largest absolute Gasteiger partial charge is 0.370 e. The van der Waals surface area contributed by atoms with E-state index in [0.29, 0.717) is 13.2 Å². The molecule has 2 heterocycles. The van der Waals surface area contributed by atoms with Crippen molar-refractivity contribution in [3.63, 3.8) is 0 Å². The summed E-state index contributed by atoms with van der Waals surface area (Å²) in [5.41, 5.74) is 3.38. The molecule has 1 aromatic heterocycles. The van der Waals surface area contributed by atoms with Crippen LogP contribution in [0.3, 0.4) is 0 Å². The second-order valence-electron chi connectivity index (χ2n) is 7.09. The highest BCUT2D eigenvalue weighted by Crippen LogP contribution is 2.25. The van der Waals surface area contributed by atoms with Crippen LogP contribution in [0, 0.1) is 11.6 Å². The Balaban J connectivity index is 1.38. The molecule has 2 aromatic carbocycles. The smallest absolute Gasteiger partial charge is 0.224 e. The van der Waals surface area contributed by atoms with Crippen molar-refractivity contribution in [2.24, 2.45) is 0 Å². The Hall–Kier alpha value is -3.06. The van der Waals surface area contributed by atoms with Gasteiger partial charge in [0.25, 0.3) is 0 Å². The highest BCUT2D eigenvalue weighted by atomic mass is 19.1. The minimum atomic E-state index is -0.697. The minimum Gasteiger partial charge on any atom is -0.370 e. The van der Waals surface area contributed by atoms with Crippen molar-refractivity contribution in [1.82, 2.24) is 15.1 Å². The highest BCUT2D eigenvalue weighted by molar-refractivity contribution is 5.78. The maximum absolute atomic E-state index is 13.3. The Morgan fingerprint density at radius 1 is 1.14 bits per heavy atom. The van der Waals surface area contributed by atoms with Gasteiger partial charge in [0.15, 0.2) is 0 Å². The number of carbonyl (C=O) groups is 1. The number of hydrogen-bond donors (Lipinski definition) is 1. The first-order valence-electron chi connectivity index (χ1n) is 9.50. The third-order valence-corrected chi connectivity index (χ3v) is 4.82. The van der Waals surface area contributed by atoms with Gasteiger partial charge in [-0.2, -0.15) is 5.10 Å². The van der Waals surface area contributed by atoms with Crippen molar-refractivity contribution in [3.05, 3.63) is 88.7 Å². The molecule has 0 saturated carbocycles. The zero-order chi connectivity index (χ0) is 20.2. The third-order valence-electron chi connectivity index (χ3n) is 4.82. The molecule has 1 N–H and O–H groups in total. The van der Waals surface area contributed by atoms with E-state index in [-0.39, 0.29) is 30.5 Å². The Kier molecular flexibility index (Phi) is 5.67. The van der Waals surface area contributed by atoms with Crippen molar-refractivity contribution in [3.8, 4) is 0 Å². The van der Waals surface area contributed by atoms with Gasteiger partial charge in [-0.15, -0.1) is 0 Å². The molecular formula is C22H21F2N3O2. The monoisotopic (exact) mass is 397 g/mol. The summed E-state index contributed by atoms with van der Waals surface area (Å²) in [5.74, 6) is -1.72. The molecule has 5 nitrogen and oxygen atoms in total. The number of carbonyl (C=O) groups excluding carboxylic acids is 1. The van der Waals surface area contributed by atoms with Gasteiger partial charge in [0.1, 0.15) is 17.7 Å². The Morgan fingerprint density at radius 2 is 1.90 bits per heavy atom. The molecule has 0 bridgehead atoms. The third kappa shape index (κ3) is 4.86. The molecule has 0 saturated heterocycles. The molecule has 1 amide bonds. The lowest BCUT2D eigenvalue weighted by molar-refractivity contribution is -0.121. The maximum atomic E-state index is 13.3. The molecule has 150 valence electrons. The molecule has 0 unspecified atom stereocenters. The lowest BCUT2D eigenvalue weighted by atomic mass is 10.1. The van der Waals surface area contributed by atoms with Gasteiger partial charge in [0.2, 0.25) is 5.91 Å².